The maximum Gasteiger partial charge on any atom is 0.323 e. The number of hydrogen-bond acceptors (Lipinski definition) is 5. The zero-order chi connectivity index (χ0) is 17.4. The van der Waals surface area contributed by atoms with Crippen LogP contribution in [0.4, 0.5) is 10.6 Å². The number of rotatable bonds is 2. The van der Waals surface area contributed by atoms with Crippen LogP contribution >= 0.6 is 11.6 Å². The van der Waals surface area contributed by atoms with Crippen molar-refractivity contribution in [3.05, 3.63) is 35.4 Å². The van der Waals surface area contributed by atoms with Crippen molar-refractivity contribution in [3.63, 3.8) is 0 Å². The van der Waals surface area contributed by atoms with Gasteiger partial charge in [0.05, 0.1) is 25.3 Å². The summed E-state index contributed by atoms with van der Waals surface area (Å²) in [7, 11) is 2.07. The van der Waals surface area contributed by atoms with Crippen LogP contribution < -0.4 is 5.32 Å². The third-order valence-corrected chi connectivity index (χ3v) is 4.96. The first kappa shape index (κ1) is 16.4. The molecule has 0 saturated carbocycles. The van der Waals surface area contributed by atoms with Crippen molar-refractivity contribution in [2.24, 2.45) is 0 Å². The molecule has 4 rings (SSSR count). The summed E-state index contributed by atoms with van der Waals surface area (Å²) in [6, 6.07) is 9.02. The van der Waals surface area contributed by atoms with Gasteiger partial charge in [-0.25, -0.2) is 4.79 Å². The first-order valence-electron chi connectivity index (χ1n) is 8.20. The van der Waals surface area contributed by atoms with Gasteiger partial charge in [0.1, 0.15) is 0 Å². The van der Waals surface area contributed by atoms with E-state index >= 15 is 0 Å². The van der Waals surface area contributed by atoms with Crippen LogP contribution in [0.15, 0.2) is 34.9 Å². The summed E-state index contributed by atoms with van der Waals surface area (Å²) >= 11 is 5.99. The highest BCUT2D eigenvalue weighted by atomic mass is 35.5. The van der Waals surface area contributed by atoms with E-state index in [4.69, 9.17) is 20.9 Å². The molecule has 2 aromatic rings. The summed E-state index contributed by atoms with van der Waals surface area (Å²) in [6.07, 6.45) is 0.0730. The number of morpholine rings is 1. The number of urea groups is 1. The molecule has 1 aromatic carbocycles. The van der Waals surface area contributed by atoms with Crippen molar-refractivity contribution in [2.75, 3.05) is 38.6 Å². The van der Waals surface area contributed by atoms with Crippen LogP contribution in [0, 0.1) is 0 Å². The first-order chi connectivity index (χ1) is 12.1. The van der Waals surface area contributed by atoms with Crippen LogP contribution in [0.2, 0.25) is 5.02 Å². The zero-order valence-corrected chi connectivity index (χ0v) is 14.6. The van der Waals surface area contributed by atoms with E-state index in [-0.39, 0.29) is 18.2 Å². The molecular weight excluding hydrogens is 344 g/mol. The minimum absolute atomic E-state index is 0.0730. The van der Waals surface area contributed by atoms with Crippen LogP contribution in [-0.4, -0.2) is 66.4 Å². The fourth-order valence-corrected chi connectivity index (χ4v) is 3.51. The fourth-order valence-electron chi connectivity index (χ4n) is 3.32. The summed E-state index contributed by atoms with van der Waals surface area (Å²) in [4.78, 5) is 16.5. The maximum absolute atomic E-state index is 12.5. The molecule has 0 unspecified atom stereocenters. The number of nitrogens with zero attached hydrogens (tertiary/aromatic N) is 3. The van der Waals surface area contributed by atoms with Gasteiger partial charge in [0.25, 0.3) is 0 Å². The standard InChI is InChI=1S/C17H19ClN4O3/c1-21-5-6-24-15-10-22(9-13(15)21)17(23)19-16-8-14(25-20-16)11-3-2-4-12(18)7-11/h2-4,7-8,13,15H,5-6,9-10H2,1H3,(H,19,20,23)/t13-,15+/m0/s1. The number of likely N-dealkylation sites (tertiary alicyclic amines) is 1. The Morgan fingerprint density at radius 2 is 2.24 bits per heavy atom. The second-order valence-electron chi connectivity index (χ2n) is 6.38. The van der Waals surface area contributed by atoms with Gasteiger partial charge in [-0.05, 0) is 19.2 Å². The highest BCUT2D eigenvalue weighted by molar-refractivity contribution is 6.30. The monoisotopic (exact) mass is 362 g/mol. The molecule has 8 heteroatoms. The van der Waals surface area contributed by atoms with Gasteiger partial charge in [-0.15, -0.1) is 0 Å². The number of aromatic nitrogens is 1. The molecule has 2 atom stereocenters. The predicted molar refractivity (Wildman–Crippen MR) is 93.7 cm³/mol. The van der Waals surface area contributed by atoms with Gasteiger partial charge < -0.3 is 14.2 Å². The predicted octanol–water partition coefficient (Wildman–Crippen LogP) is 2.54. The highest BCUT2D eigenvalue weighted by Gasteiger charge is 2.40. The van der Waals surface area contributed by atoms with Crippen molar-refractivity contribution in [1.82, 2.24) is 15.0 Å². The van der Waals surface area contributed by atoms with E-state index in [0.717, 1.165) is 12.1 Å². The van der Waals surface area contributed by atoms with Crippen molar-refractivity contribution < 1.29 is 14.1 Å². The quantitative estimate of drug-likeness (QED) is 0.889. The second kappa shape index (κ2) is 6.67. The molecular formula is C17H19ClN4O3. The van der Waals surface area contributed by atoms with Gasteiger partial charge in [-0.1, -0.05) is 28.9 Å². The molecule has 2 saturated heterocycles. The number of nitrogens with one attached hydrogen (secondary N) is 1. The number of halogens is 1. The van der Waals surface area contributed by atoms with Gasteiger partial charge in [0.15, 0.2) is 11.6 Å². The van der Waals surface area contributed by atoms with Gasteiger partial charge in [-0.3, -0.25) is 10.2 Å². The molecule has 1 N–H and O–H groups in total. The minimum Gasteiger partial charge on any atom is -0.373 e. The summed E-state index contributed by atoms with van der Waals surface area (Å²) in [6.45, 7) is 2.83. The average molecular weight is 363 g/mol. The zero-order valence-electron chi connectivity index (χ0n) is 13.8. The topological polar surface area (TPSA) is 70.8 Å². The minimum atomic E-state index is -0.197. The lowest BCUT2D eigenvalue weighted by molar-refractivity contribution is -0.0367. The van der Waals surface area contributed by atoms with Crippen LogP contribution in [0.1, 0.15) is 0 Å². The first-order valence-corrected chi connectivity index (χ1v) is 8.58. The normalized spacial score (nSPS) is 23.5. The van der Waals surface area contributed by atoms with E-state index in [1.54, 1.807) is 23.1 Å². The number of fused-ring (bicyclic) bond motifs is 1. The lowest BCUT2D eigenvalue weighted by Gasteiger charge is -2.33. The molecule has 0 aliphatic carbocycles. The number of hydrogen-bond donors (Lipinski definition) is 1. The van der Waals surface area contributed by atoms with Gasteiger partial charge in [0.2, 0.25) is 0 Å². The Morgan fingerprint density at radius 3 is 3.04 bits per heavy atom. The number of anilines is 1. The van der Waals surface area contributed by atoms with Crippen molar-refractivity contribution in [3.8, 4) is 11.3 Å². The molecule has 2 amide bonds. The average Bonchev–Trinajstić information content (AvgIpc) is 3.22. The lowest BCUT2D eigenvalue weighted by Crippen LogP contribution is -2.48. The van der Waals surface area contributed by atoms with E-state index in [1.807, 2.05) is 12.1 Å². The molecule has 0 spiro atoms. The summed E-state index contributed by atoms with van der Waals surface area (Å²) in [5, 5.41) is 7.32. The Morgan fingerprint density at radius 1 is 1.36 bits per heavy atom. The van der Waals surface area contributed by atoms with E-state index in [2.05, 4.69) is 22.4 Å². The Hall–Kier alpha value is -2.09. The molecule has 1 aromatic heterocycles. The lowest BCUT2D eigenvalue weighted by atomic mass is 10.1. The van der Waals surface area contributed by atoms with Crippen molar-refractivity contribution in [2.45, 2.75) is 12.1 Å². The van der Waals surface area contributed by atoms with Crippen LogP contribution in [-0.2, 0) is 4.74 Å². The molecule has 25 heavy (non-hydrogen) atoms. The number of carbonyl (C=O) groups excluding carboxylic acids is 1. The molecule has 132 valence electrons. The molecule has 0 bridgehead atoms. The number of ether oxygens (including phenoxy) is 1. The molecule has 2 fully saturated rings. The van der Waals surface area contributed by atoms with Crippen LogP contribution in [0.25, 0.3) is 11.3 Å². The van der Waals surface area contributed by atoms with E-state index in [9.17, 15) is 4.79 Å². The number of benzene rings is 1. The van der Waals surface area contributed by atoms with E-state index in [1.165, 1.54) is 0 Å². The van der Waals surface area contributed by atoms with Crippen LogP contribution in [0.5, 0.6) is 0 Å². The van der Waals surface area contributed by atoms with Gasteiger partial charge in [0, 0.05) is 29.7 Å². The summed E-state index contributed by atoms with van der Waals surface area (Å²) in [5.41, 5.74) is 0.808. The summed E-state index contributed by atoms with van der Waals surface area (Å²) in [5.74, 6) is 0.931. The Balaban J connectivity index is 1.42. The molecule has 3 heterocycles. The molecule has 7 nitrogen and oxygen atoms in total. The van der Waals surface area contributed by atoms with Gasteiger partial charge >= 0.3 is 6.03 Å². The Bertz CT molecular complexity index is 781. The maximum atomic E-state index is 12.5. The molecule has 2 aliphatic rings. The molecule has 2 aliphatic heterocycles. The SMILES string of the molecule is CN1CCO[C@@H]2CN(C(=O)Nc3cc(-c4cccc(Cl)c4)on3)C[C@@H]21. The number of likely N-dealkylation sites (N-methyl/N-ethyl adjacent to an activating group) is 1. The smallest absolute Gasteiger partial charge is 0.323 e. The Kier molecular flexibility index (Phi) is 4.37. The van der Waals surface area contributed by atoms with E-state index < -0.39 is 0 Å². The van der Waals surface area contributed by atoms with E-state index in [0.29, 0.717) is 36.3 Å². The third kappa shape index (κ3) is 3.35. The van der Waals surface area contributed by atoms with Crippen molar-refractivity contribution in [1.29, 1.82) is 0 Å². The van der Waals surface area contributed by atoms with Crippen molar-refractivity contribution >= 4 is 23.4 Å². The fraction of sp³-hybridized carbons (Fsp3) is 0.412. The van der Waals surface area contributed by atoms with Crippen LogP contribution in [0.3, 0.4) is 0 Å². The largest absolute Gasteiger partial charge is 0.373 e. The second-order valence-corrected chi connectivity index (χ2v) is 6.82. The number of carbonyl (C=O) groups is 1. The van der Waals surface area contributed by atoms with Gasteiger partial charge in [-0.2, -0.15) is 0 Å². The number of amides is 2. The third-order valence-electron chi connectivity index (χ3n) is 4.72. The Labute approximate surface area is 150 Å². The molecule has 0 radical (unpaired) electrons. The highest BCUT2D eigenvalue weighted by Crippen LogP contribution is 2.26. The summed E-state index contributed by atoms with van der Waals surface area (Å²) < 4.78 is 11.1.